The third kappa shape index (κ3) is 3.71. The van der Waals surface area contributed by atoms with Crippen LogP contribution in [0.4, 0.5) is 0 Å². The summed E-state index contributed by atoms with van der Waals surface area (Å²) >= 11 is 0. The highest BCUT2D eigenvalue weighted by atomic mass is 16.5. The number of aliphatic carboxylic acids is 1. The molecule has 1 atom stereocenters. The van der Waals surface area contributed by atoms with Crippen LogP contribution in [0.3, 0.4) is 0 Å². The molecule has 0 saturated carbocycles. The van der Waals surface area contributed by atoms with Crippen molar-refractivity contribution in [1.29, 1.82) is 0 Å². The molecule has 0 bridgehead atoms. The summed E-state index contributed by atoms with van der Waals surface area (Å²) in [5.74, 6) is -0.336. The number of aryl methyl sites for hydroxylation is 1. The molecule has 1 aliphatic heterocycles. The molecule has 2 N–H and O–H groups in total. The van der Waals surface area contributed by atoms with E-state index in [4.69, 9.17) is 9.84 Å². The number of amides is 1. The summed E-state index contributed by atoms with van der Waals surface area (Å²) < 4.78 is 5.59. The Labute approximate surface area is 117 Å². The van der Waals surface area contributed by atoms with E-state index in [1.165, 1.54) is 0 Å². The SMILES string of the molecule is Cc1cccc(OCCN2CC(=O)NCC2C(=O)O)c1. The standard InChI is InChI=1S/C14H18N2O4/c1-10-3-2-4-11(7-10)20-6-5-16-9-13(17)15-8-12(16)14(18)19/h2-4,7,12H,5-6,8-9H2,1H3,(H,15,17)(H,18,19). The van der Waals surface area contributed by atoms with Crippen LogP contribution in [0, 0.1) is 6.92 Å². The fourth-order valence-electron chi connectivity index (χ4n) is 2.15. The molecular weight excluding hydrogens is 260 g/mol. The van der Waals surface area contributed by atoms with Gasteiger partial charge in [0.15, 0.2) is 0 Å². The Hall–Kier alpha value is -2.08. The van der Waals surface area contributed by atoms with Gasteiger partial charge in [-0.1, -0.05) is 12.1 Å². The van der Waals surface area contributed by atoms with Crippen molar-refractivity contribution in [2.75, 3.05) is 26.2 Å². The molecule has 6 heteroatoms. The number of hydrogen-bond acceptors (Lipinski definition) is 4. The van der Waals surface area contributed by atoms with E-state index >= 15 is 0 Å². The van der Waals surface area contributed by atoms with Crippen molar-refractivity contribution >= 4 is 11.9 Å². The van der Waals surface area contributed by atoms with Crippen LogP contribution in [-0.4, -0.2) is 54.2 Å². The summed E-state index contributed by atoms with van der Waals surface area (Å²) in [6.45, 7) is 2.95. The molecule has 1 heterocycles. The van der Waals surface area contributed by atoms with Gasteiger partial charge in [0, 0.05) is 13.1 Å². The molecule has 6 nitrogen and oxygen atoms in total. The van der Waals surface area contributed by atoms with Crippen LogP contribution < -0.4 is 10.1 Å². The number of nitrogens with one attached hydrogen (secondary N) is 1. The van der Waals surface area contributed by atoms with Crippen LogP contribution in [0.2, 0.25) is 0 Å². The van der Waals surface area contributed by atoms with Gasteiger partial charge in [-0.15, -0.1) is 0 Å². The number of piperazine rings is 1. The van der Waals surface area contributed by atoms with Gasteiger partial charge >= 0.3 is 5.97 Å². The Morgan fingerprint density at radius 1 is 1.55 bits per heavy atom. The monoisotopic (exact) mass is 278 g/mol. The number of rotatable bonds is 5. The lowest BCUT2D eigenvalue weighted by Crippen LogP contribution is -2.58. The summed E-state index contributed by atoms with van der Waals surface area (Å²) in [6, 6.07) is 6.96. The van der Waals surface area contributed by atoms with Crippen molar-refractivity contribution in [1.82, 2.24) is 10.2 Å². The maximum Gasteiger partial charge on any atom is 0.322 e. The van der Waals surface area contributed by atoms with Gasteiger partial charge in [0.1, 0.15) is 18.4 Å². The predicted molar refractivity (Wildman–Crippen MR) is 72.7 cm³/mol. The van der Waals surface area contributed by atoms with E-state index in [0.29, 0.717) is 13.2 Å². The molecule has 0 aromatic heterocycles. The van der Waals surface area contributed by atoms with E-state index in [-0.39, 0.29) is 19.0 Å². The maximum absolute atomic E-state index is 11.3. The lowest BCUT2D eigenvalue weighted by Gasteiger charge is -2.32. The van der Waals surface area contributed by atoms with E-state index in [9.17, 15) is 9.59 Å². The first-order valence-corrected chi connectivity index (χ1v) is 6.49. The van der Waals surface area contributed by atoms with Crippen molar-refractivity contribution in [2.24, 2.45) is 0 Å². The number of hydrogen-bond donors (Lipinski definition) is 2. The zero-order valence-corrected chi connectivity index (χ0v) is 11.3. The van der Waals surface area contributed by atoms with Crippen LogP contribution in [-0.2, 0) is 9.59 Å². The van der Waals surface area contributed by atoms with Crippen LogP contribution in [0.1, 0.15) is 5.56 Å². The minimum Gasteiger partial charge on any atom is -0.492 e. The summed E-state index contributed by atoms with van der Waals surface area (Å²) in [7, 11) is 0. The Morgan fingerprint density at radius 2 is 2.35 bits per heavy atom. The molecule has 1 aromatic rings. The highest BCUT2D eigenvalue weighted by Gasteiger charge is 2.31. The number of carboxylic acids is 1. The van der Waals surface area contributed by atoms with Crippen molar-refractivity contribution in [3.05, 3.63) is 29.8 Å². The molecule has 1 aliphatic rings. The zero-order valence-electron chi connectivity index (χ0n) is 11.3. The van der Waals surface area contributed by atoms with E-state index < -0.39 is 12.0 Å². The van der Waals surface area contributed by atoms with Gasteiger partial charge in [-0.25, -0.2) is 0 Å². The Balaban J connectivity index is 1.88. The highest BCUT2D eigenvalue weighted by molar-refractivity contribution is 5.83. The van der Waals surface area contributed by atoms with Crippen LogP contribution in [0.5, 0.6) is 5.75 Å². The van der Waals surface area contributed by atoms with Crippen molar-refractivity contribution in [3.8, 4) is 5.75 Å². The number of nitrogens with zero attached hydrogens (tertiary/aromatic N) is 1. The van der Waals surface area contributed by atoms with E-state index in [1.807, 2.05) is 31.2 Å². The molecule has 1 saturated heterocycles. The third-order valence-electron chi connectivity index (χ3n) is 3.20. The second-order valence-corrected chi connectivity index (χ2v) is 4.79. The third-order valence-corrected chi connectivity index (χ3v) is 3.20. The highest BCUT2D eigenvalue weighted by Crippen LogP contribution is 2.12. The first-order valence-electron chi connectivity index (χ1n) is 6.49. The molecule has 1 fully saturated rings. The Bertz CT molecular complexity index is 504. The minimum atomic E-state index is -0.930. The van der Waals surface area contributed by atoms with Gasteiger partial charge in [-0.05, 0) is 24.6 Å². The molecule has 2 rings (SSSR count). The van der Waals surface area contributed by atoms with Gasteiger partial charge in [0.25, 0.3) is 0 Å². The molecule has 0 radical (unpaired) electrons. The fraction of sp³-hybridized carbons (Fsp3) is 0.429. The van der Waals surface area contributed by atoms with Crippen molar-refractivity contribution in [3.63, 3.8) is 0 Å². The Kier molecular flexibility index (Phi) is 4.57. The molecule has 0 spiro atoms. The second kappa shape index (κ2) is 6.38. The second-order valence-electron chi connectivity index (χ2n) is 4.79. The predicted octanol–water partition coefficient (Wildman–Crippen LogP) is 0.259. The normalized spacial score (nSPS) is 19.4. The van der Waals surface area contributed by atoms with Gasteiger partial charge in [0.05, 0.1) is 6.54 Å². The molecule has 1 aromatic carbocycles. The van der Waals surface area contributed by atoms with Gasteiger partial charge in [-0.3, -0.25) is 14.5 Å². The number of ether oxygens (including phenoxy) is 1. The summed E-state index contributed by atoms with van der Waals surface area (Å²) in [5.41, 5.74) is 1.10. The minimum absolute atomic E-state index is 0.0914. The van der Waals surface area contributed by atoms with E-state index in [0.717, 1.165) is 11.3 Å². The van der Waals surface area contributed by atoms with Gasteiger partial charge in [0.2, 0.25) is 5.91 Å². The van der Waals surface area contributed by atoms with Crippen molar-refractivity contribution < 1.29 is 19.4 Å². The quantitative estimate of drug-likeness (QED) is 0.807. The zero-order chi connectivity index (χ0) is 14.5. The van der Waals surface area contributed by atoms with Gasteiger partial charge in [-0.2, -0.15) is 0 Å². The smallest absolute Gasteiger partial charge is 0.322 e. The number of carbonyl (C=O) groups excluding carboxylic acids is 1. The average Bonchev–Trinajstić information content (AvgIpc) is 2.38. The van der Waals surface area contributed by atoms with E-state index in [1.54, 1.807) is 4.90 Å². The average molecular weight is 278 g/mol. The Morgan fingerprint density at radius 3 is 3.05 bits per heavy atom. The van der Waals surface area contributed by atoms with E-state index in [2.05, 4.69) is 5.32 Å². The maximum atomic E-state index is 11.3. The van der Waals surface area contributed by atoms with Crippen molar-refractivity contribution in [2.45, 2.75) is 13.0 Å². The summed E-state index contributed by atoms with van der Waals surface area (Å²) in [4.78, 5) is 24.1. The van der Waals surface area contributed by atoms with Crippen LogP contribution in [0.25, 0.3) is 0 Å². The van der Waals surface area contributed by atoms with Crippen LogP contribution in [0.15, 0.2) is 24.3 Å². The molecular formula is C14H18N2O4. The topological polar surface area (TPSA) is 78.9 Å². The first kappa shape index (κ1) is 14.3. The fourth-order valence-corrected chi connectivity index (χ4v) is 2.15. The number of carboxylic acid groups (broad SMARTS) is 1. The van der Waals surface area contributed by atoms with Crippen LogP contribution >= 0.6 is 0 Å². The van der Waals surface area contributed by atoms with Gasteiger partial charge < -0.3 is 15.2 Å². The molecule has 1 amide bonds. The largest absolute Gasteiger partial charge is 0.492 e. The summed E-state index contributed by atoms with van der Waals surface area (Å²) in [6.07, 6.45) is 0. The summed E-state index contributed by atoms with van der Waals surface area (Å²) in [5, 5.41) is 11.7. The lowest BCUT2D eigenvalue weighted by atomic mass is 10.2. The molecule has 108 valence electrons. The number of benzene rings is 1. The molecule has 0 aliphatic carbocycles. The number of carbonyl (C=O) groups is 2. The lowest BCUT2D eigenvalue weighted by molar-refractivity contribution is -0.146. The first-order chi connectivity index (χ1) is 9.56. The molecule has 1 unspecified atom stereocenters. The molecule has 20 heavy (non-hydrogen) atoms.